The van der Waals surface area contributed by atoms with Crippen molar-refractivity contribution in [1.82, 2.24) is 4.72 Å². The second-order valence-corrected chi connectivity index (χ2v) is 7.29. The molecule has 4 nitrogen and oxygen atoms in total. The molecule has 1 aliphatic rings. The van der Waals surface area contributed by atoms with Crippen LogP contribution in [0, 0.1) is 5.92 Å². The molecule has 6 heteroatoms. The van der Waals surface area contributed by atoms with Crippen LogP contribution in [-0.4, -0.2) is 33.9 Å². The Morgan fingerprint density at radius 2 is 2.26 bits per heavy atom. The van der Waals surface area contributed by atoms with E-state index in [4.69, 9.17) is 16.3 Å². The molecule has 1 aliphatic heterocycles. The van der Waals surface area contributed by atoms with Gasteiger partial charge >= 0.3 is 0 Å². The van der Waals surface area contributed by atoms with Crippen LogP contribution in [0.1, 0.15) is 12.0 Å². The second kappa shape index (κ2) is 6.22. The molecule has 1 fully saturated rings. The Morgan fingerprint density at radius 3 is 2.95 bits per heavy atom. The van der Waals surface area contributed by atoms with E-state index >= 15 is 0 Å². The first kappa shape index (κ1) is 14.8. The van der Waals surface area contributed by atoms with Gasteiger partial charge in [-0.05, 0) is 37.6 Å². The van der Waals surface area contributed by atoms with Crippen LogP contribution in [0.3, 0.4) is 0 Å². The van der Waals surface area contributed by atoms with Crippen molar-refractivity contribution < 1.29 is 13.2 Å². The summed E-state index contributed by atoms with van der Waals surface area (Å²) in [4.78, 5) is 0. The van der Waals surface area contributed by atoms with Gasteiger partial charge in [0, 0.05) is 17.5 Å². The van der Waals surface area contributed by atoms with Crippen LogP contribution >= 0.6 is 11.6 Å². The van der Waals surface area contributed by atoms with Crippen LogP contribution in [0.5, 0.6) is 0 Å². The van der Waals surface area contributed by atoms with Gasteiger partial charge in [-0.2, -0.15) is 0 Å². The molecule has 19 heavy (non-hydrogen) atoms. The first-order chi connectivity index (χ1) is 9.03. The van der Waals surface area contributed by atoms with E-state index in [1.54, 1.807) is 0 Å². The minimum atomic E-state index is -3.26. The molecule has 1 aromatic rings. The van der Waals surface area contributed by atoms with E-state index in [-0.39, 0.29) is 5.92 Å². The summed E-state index contributed by atoms with van der Waals surface area (Å²) in [7, 11) is -1.80. The van der Waals surface area contributed by atoms with Crippen LogP contribution in [0.4, 0.5) is 0 Å². The lowest BCUT2D eigenvalue weighted by atomic mass is 9.94. The van der Waals surface area contributed by atoms with Gasteiger partial charge in [-0.25, -0.2) is 13.1 Å². The summed E-state index contributed by atoms with van der Waals surface area (Å²) in [6.45, 7) is 0.968. The number of sulfonamides is 1. The minimum Gasteiger partial charge on any atom is -0.381 e. The van der Waals surface area contributed by atoms with Gasteiger partial charge in [0.15, 0.2) is 0 Å². The first-order valence-electron chi connectivity index (χ1n) is 6.27. The Kier molecular flexibility index (Phi) is 4.84. The average Bonchev–Trinajstić information content (AvgIpc) is 2.39. The highest BCUT2D eigenvalue weighted by Crippen LogP contribution is 2.25. The Balaban J connectivity index is 2.17. The van der Waals surface area contributed by atoms with Gasteiger partial charge in [0.1, 0.15) is 0 Å². The van der Waals surface area contributed by atoms with Crippen molar-refractivity contribution in [3.05, 3.63) is 34.9 Å². The van der Waals surface area contributed by atoms with E-state index in [0.29, 0.717) is 31.1 Å². The number of hydrogen-bond acceptors (Lipinski definition) is 3. The number of benzene rings is 1. The minimum absolute atomic E-state index is 0.0373. The molecule has 0 bridgehead atoms. The Bertz CT molecular complexity index is 532. The van der Waals surface area contributed by atoms with Gasteiger partial charge in [0.25, 0.3) is 0 Å². The zero-order valence-electron chi connectivity index (χ0n) is 10.8. The standard InChI is InChI=1S/C13H18ClNO3S/c1-15-19(16,17)13-5-6-18-9-11(13)7-10-3-2-4-12(14)8-10/h2-4,8,11,13,15H,5-7,9H2,1H3/t11-,13+/m1/s1. The molecule has 1 aromatic carbocycles. The fourth-order valence-electron chi connectivity index (χ4n) is 2.49. The van der Waals surface area contributed by atoms with Crippen LogP contribution in [-0.2, 0) is 21.2 Å². The normalized spacial score (nSPS) is 24.3. The number of ether oxygens (including phenoxy) is 1. The monoisotopic (exact) mass is 303 g/mol. The van der Waals surface area contributed by atoms with Gasteiger partial charge in [-0.1, -0.05) is 23.7 Å². The lowest BCUT2D eigenvalue weighted by molar-refractivity contribution is 0.0570. The van der Waals surface area contributed by atoms with Gasteiger partial charge in [0.05, 0.1) is 11.9 Å². The topological polar surface area (TPSA) is 55.4 Å². The van der Waals surface area contributed by atoms with Crippen molar-refractivity contribution in [2.24, 2.45) is 5.92 Å². The number of rotatable bonds is 4. The van der Waals surface area contributed by atoms with Gasteiger partial charge < -0.3 is 4.74 Å². The molecule has 0 unspecified atom stereocenters. The summed E-state index contributed by atoms with van der Waals surface area (Å²) in [5.74, 6) is -0.0373. The van der Waals surface area contributed by atoms with E-state index in [1.807, 2.05) is 24.3 Å². The molecule has 1 saturated heterocycles. The Hall–Kier alpha value is -0.620. The van der Waals surface area contributed by atoms with Crippen molar-refractivity contribution in [2.75, 3.05) is 20.3 Å². The van der Waals surface area contributed by atoms with Crippen molar-refractivity contribution in [3.8, 4) is 0 Å². The Labute approximate surface area is 119 Å². The van der Waals surface area contributed by atoms with Crippen LogP contribution in [0.2, 0.25) is 5.02 Å². The maximum absolute atomic E-state index is 12.0. The van der Waals surface area contributed by atoms with Gasteiger partial charge in [-0.15, -0.1) is 0 Å². The summed E-state index contributed by atoms with van der Waals surface area (Å²) in [6, 6.07) is 7.52. The molecule has 2 rings (SSSR count). The summed E-state index contributed by atoms with van der Waals surface area (Å²) >= 11 is 5.95. The molecule has 2 atom stereocenters. The smallest absolute Gasteiger partial charge is 0.214 e. The molecule has 1 heterocycles. The Morgan fingerprint density at radius 1 is 1.47 bits per heavy atom. The third kappa shape index (κ3) is 3.69. The quantitative estimate of drug-likeness (QED) is 0.923. The number of hydrogen-bond donors (Lipinski definition) is 1. The molecule has 106 valence electrons. The highest BCUT2D eigenvalue weighted by Gasteiger charge is 2.35. The molecule has 0 amide bonds. The predicted molar refractivity (Wildman–Crippen MR) is 75.8 cm³/mol. The molecule has 0 aliphatic carbocycles. The molecule has 0 radical (unpaired) electrons. The predicted octanol–water partition coefficient (Wildman–Crippen LogP) is 1.84. The van der Waals surface area contributed by atoms with E-state index < -0.39 is 15.3 Å². The second-order valence-electron chi connectivity index (χ2n) is 4.75. The number of nitrogens with one attached hydrogen (secondary N) is 1. The summed E-state index contributed by atoms with van der Waals surface area (Å²) < 4.78 is 31.9. The summed E-state index contributed by atoms with van der Waals surface area (Å²) in [5, 5.41) is 0.271. The SMILES string of the molecule is CNS(=O)(=O)[C@H]1CCOC[C@H]1Cc1cccc(Cl)c1. The molecular formula is C13H18ClNO3S. The lowest BCUT2D eigenvalue weighted by Crippen LogP contribution is -2.43. The maximum Gasteiger partial charge on any atom is 0.214 e. The third-order valence-electron chi connectivity index (χ3n) is 3.47. The van der Waals surface area contributed by atoms with E-state index in [0.717, 1.165) is 5.56 Å². The van der Waals surface area contributed by atoms with Gasteiger partial charge in [0.2, 0.25) is 10.0 Å². The fraction of sp³-hybridized carbons (Fsp3) is 0.538. The van der Waals surface area contributed by atoms with Crippen molar-refractivity contribution in [3.63, 3.8) is 0 Å². The van der Waals surface area contributed by atoms with Crippen molar-refractivity contribution in [1.29, 1.82) is 0 Å². The highest BCUT2D eigenvalue weighted by atomic mass is 35.5. The van der Waals surface area contributed by atoms with Crippen molar-refractivity contribution in [2.45, 2.75) is 18.1 Å². The molecule has 1 N–H and O–H groups in total. The molecule has 0 spiro atoms. The van der Waals surface area contributed by atoms with Crippen LogP contribution in [0.15, 0.2) is 24.3 Å². The lowest BCUT2D eigenvalue weighted by Gasteiger charge is -2.31. The van der Waals surface area contributed by atoms with E-state index in [9.17, 15) is 8.42 Å². The zero-order chi connectivity index (χ0) is 13.9. The molecular weight excluding hydrogens is 286 g/mol. The molecule has 0 saturated carbocycles. The molecule has 0 aromatic heterocycles. The number of halogens is 1. The summed E-state index contributed by atoms with van der Waals surface area (Å²) in [5.41, 5.74) is 1.04. The van der Waals surface area contributed by atoms with Gasteiger partial charge in [-0.3, -0.25) is 0 Å². The fourth-order valence-corrected chi connectivity index (χ4v) is 4.10. The van der Waals surface area contributed by atoms with E-state index in [2.05, 4.69) is 4.72 Å². The largest absolute Gasteiger partial charge is 0.381 e. The highest BCUT2D eigenvalue weighted by molar-refractivity contribution is 7.90. The van der Waals surface area contributed by atoms with Crippen LogP contribution < -0.4 is 4.72 Å². The van der Waals surface area contributed by atoms with E-state index in [1.165, 1.54) is 7.05 Å². The zero-order valence-corrected chi connectivity index (χ0v) is 12.4. The summed E-state index contributed by atoms with van der Waals surface area (Å²) in [6.07, 6.45) is 1.19. The van der Waals surface area contributed by atoms with Crippen LogP contribution in [0.25, 0.3) is 0 Å². The first-order valence-corrected chi connectivity index (χ1v) is 8.20. The third-order valence-corrected chi connectivity index (χ3v) is 5.70. The average molecular weight is 304 g/mol. The van der Waals surface area contributed by atoms with Crippen molar-refractivity contribution >= 4 is 21.6 Å². The maximum atomic E-state index is 12.0.